The molecule has 0 radical (unpaired) electrons. The SMILES string of the molecule is COc1ccc2c(c1)sc1ncc(C(=O)NCc3ccccc3Cl)c(=O)n12. The van der Waals surface area contributed by atoms with Crippen LogP contribution in [-0.4, -0.2) is 22.4 Å². The van der Waals surface area contributed by atoms with Crippen LogP contribution in [0, 0.1) is 0 Å². The van der Waals surface area contributed by atoms with Crippen LogP contribution in [0.4, 0.5) is 0 Å². The van der Waals surface area contributed by atoms with Crippen LogP contribution < -0.4 is 15.6 Å². The van der Waals surface area contributed by atoms with Crippen molar-refractivity contribution in [2.75, 3.05) is 7.11 Å². The lowest BCUT2D eigenvalue weighted by atomic mass is 10.2. The van der Waals surface area contributed by atoms with Gasteiger partial charge in [0.1, 0.15) is 11.3 Å². The third kappa shape index (κ3) is 3.15. The summed E-state index contributed by atoms with van der Waals surface area (Å²) in [5.41, 5.74) is 1.03. The van der Waals surface area contributed by atoms with Crippen LogP contribution in [0.15, 0.2) is 53.5 Å². The second-order valence-electron chi connectivity index (χ2n) is 5.80. The van der Waals surface area contributed by atoms with Gasteiger partial charge in [-0.1, -0.05) is 41.1 Å². The summed E-state index contributed by atoms with van der Waals surface area (Å²) in [5.74, 6) is 0.203. The average molecular weight is 400 g/mol. The predicted octanol–water partition coefficient (Wildman–Crippen LogP) is 3.50. The normalized spacial score (nSPS) is 11.0. The number of halogens is 1. The highest BCUT2D eigenvalue weighted by molar-refractivity contribution is 7.23. The predicted molar refractivity (Wildman–Crippen MR) is 106 cm³/mol. The lowest BCUT2D eigenvalue weighted by molar-refractivity contribution is 0.0949. The number of nitrogens with one attached hydrogen (secondary N) is 1. The van der Waals surface area contributed by atoms with Crippen molar-refractivity contribution in [3.8, 4) is 5.75 Å². The van der Waals surface area contributed by atoms with Crippen molar-refractivity contribution in [3.05, 3.63) is 75.2 Å². The molecule has 0 bridgehead atoms. The molecule has 1 N–H and O–H groups in total. The van der Waals surface area contributed by atoms with Gasteiger partial charge in [-0.2, -0.15) is 0 Å². The third-order valence-electron chi connectivity index (χ3n) is 4.18. The first kappa shape index (κ1) is 17.5. The molecule has 0 aliphatic rings. The van der Waals surface area contributed by atoms with E-state index in [2.05, 4.69) is 10.3 Å². The van der Waals surface area contributed by atoms with E-state index in [0.29, 0.717) is 21.2 Å². The smallest absolute Gasteiger partial charge is 0.271 e. The third-order valence-corrected chi connectivity index (χ3v) is 5.57. The molecule has 2 aromatic carbocycles. The summed E-state index contributed by atoms with van der Waals surface area (Å²) in [7, 11) is 1.58. The van der Waals surface area contributed by atoms with Crippen LogP contribution in [0.25, 0.3) is 15.2 Å². The number of hydrogen-bond donors (Lipinski definition) is 1. The van der Waals surface area contributed by atoms with Crippen molar-refractivity contribution < 1.29 is 9.53 Å². The Hall–Kier alpha value is -2.90. The molecule has 0 saturated carbocycles. The van der Waals surface area contributed by atoms with Gasteiger partial charge in [0.2, 0.25) is 0 Å². The summed E-state index contributed by atoms with van der Waals surface area (Å²) in [6.07, 6.45) is 1.31. The topological polar surface area (TPSA) is 72.7 Å². The van der Waals surface area contributed by atoms with Crippen molar-refractivity contribution in [2.24, 2.45) is 0 Å². The lowest BCUT2D eigenvalue weighted by Gasteiger charge is -2.07. The number of ether oxygens (including phenoxy) is 1. The van der Waals surface area contributed by atoms with E-state index >= 15 is 0 Å². The number of rotatable bonds is 4. The van der Waals surface area contributed by atoms with Gasteiger partial charge in [0.15, 0.2) is 4.96 Å². The van der Waals surface area contributed by atoms with Gasteiger partial charge in [0.05, 0.1) is 17.3 Å². The Kier molecular flexibility index (Phi) is 4.55. The van der Waals surface area contributed by atoms with Crippen molar-refractivity contribution in [2.45, 2.75) is 6.54 Å². The highest BCUT2D eigenvalue weighted by Crippen LogP contribution is 2.27. The van der Waals surface area contributed by atoms with Gasteiger partial charge in [-0.05, 0) is 29.8 Å². The second-order valence-corrected chi connectivity index (χ2v) is 7.22. The van der Waals surface area contributed by atoms with Crippen molar-refractivity contribution in [1.29, 1.82) is 0 Å². The van der Waals surface area contributed by atoms with E-state index in [-0.39, 0.29) is 12.1 Å². The number of benzene rings is 2. The summed E-state index contributed by atoms with van der Waals surface area (Å²) >= 11 is 7.46. The molecule has 0 saturated heterocycles. The number of carbonyl (C=O) groups is 1. The van der Waals surface area contributed by atoms with Gasteiger partial charge in [-0.3, -0.25) is 14.0 Å². The number of fused-ring (bicyclic) bond motifs is 3. The van der Waals surface area contributed by atoms with E-state index in [1.165, 1.54) is 21.9 Å². The Morgan fingerprint density at radius 2 is 2.11 bits per heavy atom. The standard InChI is InChI=1S/C19H14ClN3O3S/c1-26-12-6-7-15-16(8-12)27-19-22-10-13(18(25)23(15)19)17(24)21-9-11-4-2-3-5-14(11)20/h2-8,10H,9H2,1H3,(H,21,24). The Balaban J connectivity index is 1.70. The van der Waals surface area contributed by atoms with Gasteiger partial charge in [-0.15, -0.1) is 0 Å². The number of methoxy groups -OCH3 is 1. The molecule has 136 valence electrons. The zero-order valence-electron chi connectivity index (χ0n) is 14.2. The van der Waals surface area contributed by atoms with Crippen molar-refractivity contribution in [1.82, 2.24) is 14.7 Å². The second kappa shape index (κ2) is 7.02. The number of carbonyl (C=O) groups excluding carboxylic acids is 1. The zero-order chi connectivity index (χ0) is 19.0. The number of amides is 1. The Morgan fingerprint density at radius 3 is 2.89 bits per heavy atom. The molecule has 2 aromatic heterocycles. The Morgan fingerprint density at radius 1 is 1.30 bits per heavy atom. The largest absolute Gasteiger partial charge is 0.497 e. The molecule has 0 spiro atoms. The number of hydrogen-bond acceptors (Lipinski definition) is 5. The summed E-state index contributed by atoms with van der Waals surface area (Å²) in [6.45, 7) is 0.224. The summed E-state index contributed by atoms with van der Waals surface area (Å²) in [4.78, 5) is 30.2. The fourth-order valence-electron chi connectivity index (χ4n) is 2.78. The maximum atomic E-state index is 12.9. The molecule has 4 rings (SSSR count). The van der Waals surface area contributed by atoms with E-state index in [1.54, 1.807) is 25.3 Å². The molecular weight excluding hydrogens is 386 g/mol. The minimum absolute atomic E-state index is 0.0185. The molecule has 2 heterocycles. The van der Waals surface area contributed by atoms with E-state index in [0.717, 1.165) is 10.3 Å². The highest BCUT2D eigenvalue weighted by atomic mass is 35.5. The molecular formula is C19H14ClN3O3S. The molecule has 0 atom stereocenters. The zero-order valence-corrected chi connectivity index (χ0v) is 15.8. The van der Waals surface area contributed by atoms with Crippen LogP contribution in [0.3, 0.4) is 0 Å². The molecule has 8 heteroatoms. The first-order valence-corrected chi connectivity index (χ1v) is 9.28. The van der Waals surface area contributed by atoms with Crippen LogP contribution in [0.2, 0.25) is 5.02 Å². The molecule has 27 heavy (non-hydrogen) atoms. The maximum absolute atomic E-state index is 12.9. The Bertz CT molecular complexity index is 1230. The van der Waals surface area contributed by atoms with Gasteiger partial charge >= 0.3 is 0 Å². The fourth-order valence-corrected chi connectivity index (χ4v) is 4.00. The van der Waals surface area contributed by atoms with Crippen LogP contribution in [-0.2, 0) is 6.54 Å². The minimum atomic E-state index is -0.491. The summed E-state index contributed by atoms with van der Waals surface area (Å²) in [6, 6.07) is 12.6. The minimum Gasteiger partial charge on any atom is -0.497 e. The van der Waals surface area contributed by atoms with Gasteiger partial charge in [0.25, 0.3) is 11.5 Å². The molecule has 4 aromatic rings. The first-order chi connectivity index (χ1) is 13.1. The number of aromatic nitrogens is 2. The molecule has 0 fully saturated rings. The van der Waals surface area contributed by atoms with Crippen molar-refractivity contribution >= 4 is 44.0 Å². The highest BCUT2D eigenvalue weighted by Gasteiger charge is 2.17. The molecule has 0 unspecified atom stereocenters. The van der Waals surface area contributed by atoms with Crippen LogP contribution in [0.1, 0.15) is 15.9 Å². The van der Waals surface area contributed by atoms with E-state index in [9.17, 15) is 9.59 Å². The van der Waals surface area contributed by atoms with Gasteiger partial charge < -0.3 is 10.1 Å². The van der Waals surface area contributed by atoms with E-state index in [4.69, 9.17) is 16.3 Å². The first-order valence-electron chi connectivity index (χ1n) is 8.08. The fraction of sp³-hybridized carbons (Fsp3) is 0.105. The molecule has 6 nitrogen and oxygen atoms in total. The quantitative estimate of drug-likeness (QED) is 0.570. The maximum Gasteiger partial charge on any atom is 0.271 e. The molecule has 1 amide bonds. The monoisotopic (exact) mass is 399 g/mol. The average Bonchev–Trinajstić information content (AvgIpc) is 3.05. The molecule has 0 aliphatic heterocycles. The van der Waals surface area contributed by atoms with Crippen LogP contribution >= 0.6 is 22.9 Å². The van der Waals surface area contributed by atoms with Gasteiger partial charge in [0, 0.05) is 17.8 Å². The van der Waals surface area contributed by atoms with Crippen molar-refractivity contribution in [3.63, 3.8) is 0 Å². The lowest BCUT2D eigenvalue weighted by Crippen LogP contribution is -2.31. The molecule has 0 aliphatic carbocycles. The van der Waals surface area contributed by atoms with Gasteiger partial charge in [-0.25, -0.2) is 4.98 Å². The van der Waals surface area contributed by atoms with E-state index in [1.807, 2.05) is 24.3 Å². The summed E-state index contributed by atoms with van der Waals surface area (Å²) < 4.78 is 7.52. The van der Waals surface area contributed by atoms with E-state index < -0.39 is 11.5 Å². The Labute approximate surface area is 163 Å². The van der Waals surface area contributed by atoms with Crippen LogP contribution in [0.5, 0.6) is 5.75 Å². The number of nitrogens with zero attached hydrogens (tertiary/aromatic N) is 2. The number of thiazole rings is 1. The summed E-state index contributed by atoms with van der Waals surface area (Å²) in [5, 5.41) is 3.28.